The molecule has 4 aromatic rings. The van der Waals surface area contributed by atoms with Crippen molar-refractivity contribution < 1.29 is 9.21 Å². The van der Waals surface area contributed by atoms with Crippen LogP contribution >= 0.6 is 11.3 Å². The van der Waals surface area contributed by atoms with E-state index in [9.17, 15) is 4.79 Å². The molecular weight excluding hydrogens is 372 g/mol. The number of hydrogen-bond acceptors (Lipinski definition) is 6. The average Bonchev–Trinajstić information content (AvgIpc) is 3.41. The minimum Gasteiger partial charge on any atom is -0.448 e. The SMILES string of the molecule is O=C(c1ccc(-c2nc3ccccc3s2)o1)N1CCN(c2ccccn2)CC1. The molecule has 1 aliphatic heterocycles. The summed E-state index contributed by atoms with van der Waals surface area (Å²) < 4.78 is 6.96. The van der Waals surface area contributed by atoms with E-state index in [-0.39, 0.29) is 5.91 Å². The lowest BCUT2D eigenvalue weighted by Crippen LogP contribution is -2.49. The van der Waals surface area contributed by atoms with Gasteiger partial charge in [0.05, 0.1) is 10.2 Å². The Kier molecular flexibility index (Phi) is 4.29. The number of aromatic nitrogens is 2. The summed E-state index contributed by atoms with van der Waals surface area (Å²) in [6, 6.07) is 17.4. The lowest BCUT2D eigenvalue weighted by molar-refractivity contribution is 0.0715. The van der Waals surface area contributed by atoms with Crippen molar-refractivity contribution in [3.63, 3.8) is 0 Å². The molecule has 1 aromatic carbocycles. The molecule has 7 heteroatoms. The van der Waals surface area contributed by atoms with E-state index < -0.39 is 0 Å². The largest absolute Gasteiger partial charge is 0.448 e. The number of nitrogens with zero attached hydrogens (tertiary/aromatic N) is 4. The zero-order valence-corrected chi connectivity index (χ0v) is 15.9. The molecule has 0 unspecified atom stereocenters. The van der Waals surface area contributed by atoms with Crippen molar-refractivity contribution in [2.75, 3.05) is 31.1 Å². The highest BCUT2D eigenvalue weighted by molar-refractivity contribution is 7.21. The highest BCUT2D eigenvalue weighted by atomic mass is 32.1. The molecule has 1 aliphatic rings. The molecule has 0 bridgehead atoms. The van der Waals surface area contributed by atoms with Crippen molar-refractivity contribution in [2.45, 2.75) is 0 Å². The number of anilines is 1. The van der Waals surface area contributed by atoms with Gasteiger partial charge in [0, 0.05) is 32.4 Å². The number of para-hydroxylation sites is 1. The highest BCUT2D eigenvalue weighted by Crippen LogP contribution is 2.31. The second-order valence-corrected chi connectivity index (χ2v) is 7.65. The van der Waals surface area contributed by atoms with Gasteiger partial charge in [-0.25, -0.2) is 9.97 Å². The molecular formula is C21H18N4O2S. The fourth-order valence-electron chi connectivity index (χ4n) is 3.38. The lowest BCUT2D eigenvalue weighted by Gasteiger charge is -2.34. The van der Waals surface area contributed by atoms with Gasteiger partial charge in [0.2, 0.25) is 0 Å². The van der Waals surface area contributed by atoms with E-state index in [0.717, 1.165) is 34.1 Å². The standard InChI is InChI=1S/C21H18N4O2S/c26-21(25-13-11-24(12-14-25)19-7-3-4-10-22-19)17-9-8-16(27-17)20-23-15-5-1-2-6-18(15)28-20/h1-10H,11-14H2. The molecule has 0 saturated carbocycles. The second kappa shape index (κ2) is 7.09. The molecule has 3 aromatic heterocycles. The predicted octanol–water partition coefficient (Wildman–Crippen LogP) is 3.91. The van der Waals surface area contributed by atoms with Crippen LogP contribution in [-0.4, -0.2) is 47.0 Å². The van der Waals surface area contributed by atoms with Crippen LogP contribution in [-0.2, 0) is 0 Å². The minimum atomic E-state index is -0.0759. The second-order valence-electron chi connectivity index (χ2n) is 6.62. The van der Waals surface area contributed by atoms with Crippen LogP contribution in [0.1, 0.15) is 10.6 Å². The van der Waals surface area contributed by atoms with Crippen LogP contribution < -0.4 is 4.90 Å². The van der Waals surface area contributed by atoms with E-state index in [0.29, 0.717) is 24.6 Å². The Hall–Kier alpha value is -3.19. The van der Waals surface area contributed by atoms with Gasteiger partial charge in [-0.15, -0.1) is 11.3 Å². The van der Waals surface area contributed by atoms with E-state index in [1.165, 1.54) is 0 Å². The molecule has 4 heterocycles. The van der Waals surface area contributed by atoms with Crippen molar-refractivity contribution in [1.82, 2.24) is 14.9 Å². The summed E-state index contributed by atoms with van der Waals surface area (Å²) in [7, 11) is 0. The number of furan rings is 1. The maximum absolute atomic E-state index is 12.8. The number of hydrogen-bond donors (Lipinski definition) is 0. The molecule has 140 valence electrons. The number of benzene rings is 1. The molecule has 6 nitrogen and oxygen atoms in total. The first kappa shape index (κ1) is 16.9. The Balaban J connectivity index is 1.29. The summed E-state index contributed by atoms with van der Waals surface area (Å²) in [6.07, 6.45) is 1.79. The zero-order chi connectivity index (χ0) is 18.9. The Bertz CT molecular complexity index is 1080. The molecule has 1 saturated heterocycles. The summed E-state index contributed by atoms with van der Waals surface area (Å²) >= 11 is 1.57. The quantitative estimate of drug-likeness (QED) is 0.531. The third-order valence-corrected chi connectivity index (χ3v) is 5.91. The summed E-state index contributed by atoms with van der Waals surface area (Å²) in [5.41, 5.74) is 0.942. The third kappa shape index (κ3) is 3.14. The number of fused-ring (bicyclic) bond motifs is 1. The predicted molar refractivity (Wildman–Crippen MR) is 110 cm³/mol. The van der Waals surface area contributed by atoms with Crippen molar-refractivity contribution in [3.05, 3.63) is 66.6 Å². The summed E-state index contributed by atoms with van der Waals surface area (Å²) in [6.45, 7) is 2.81. The van der Waals surface area contributed by atoms with Crippen molar-refractivity contribution in [3.8, 4) is 10.8 Å². The van der Waals surface area contributed by atoms with Gasteiger partial charge in [0.1, 0.15) is 5.82 Å². The Labute approximate surface area is 166 Å². The van der Waals surface area contributed by atoms with Gasteiger partial charge < -0.3 is 14.2 Å². The maximum Gasteiger partial charge on any atom is 0.289 e. The molecule has 0 atom stereocenters. The molecule has 28 heavy (non-hydrogen) atoms. The molecule has 0 radical (unpaired) electrons. The number of carbonyl (C=O) groups excluding carboxylic acids is 1. The molecule has 1 fully saturated rings. The van der Waals surface area contributed by atoms with Gasteiger partial charge >= 0.3 is 0 Å². The lowest BCUT2D eigenvalue weighted by atomic mass is 10.2. The molecule has 0 N–H and O–H groups in total. The van der Waals surface area contributed by atoms with Crippen LogP contribution in [0.25, 0.3) is 21.0 Å². The first-order valence-corrected chi connectivity index (χ1v) is 10.0. The van der Waals surface area contributed by atoms with E-state index in [1.54, 1.807) is 23.6 Å². The zero-order valence-electron chi connectivity index (χ0n) is 15.1. The molecule has 0 aliphatic carbocycles. The fraction of sp³-hybridized carbons (Fsp3) is 0.190. The van der Waals surface area contributed by atoms with E-state index in [1.807, 2.05) is 53.4 Å². The molecule has 0 spiro atoms. The number of pyridine rings is 1. The monoisotopic (exact) mass is 390 g/mol. The van der Waals surface area contributed by atoms with Gasteiger partial charge in [-0.1, -0.05) is 18.2 Å². The molecule has 1 amide bonds. The number of carbonyl (C=O) groups is 1. The average molecular weight is 390 g/mol. The van der Waals surface area contributed by atoms with Gasteiger partial charge in [-0.2, -0.15) is 0 Å². The van der Waals surface area contributed by atoms with E-state index >= 15 is 0 Å². The van der Waals surface area contributed by atoms with Crippen molar-refractivity contribution in [1.29, 1.82) is 0 Å². The Morgan fingerprint density at radius 3 is 2.57 bits per heavy atom. The number of piperazine rings is 1. The first-order valence-electron chi connectivity index (χ1n) is 9.19. The van der Waals surface area contributed by atoms with Crippen LogP contribution in [0.4, 0.5) is 5.82 Å². The minimum absolute atomic E-state index is 0.0759. The van der Waals surface area contributed by atoms with Crippen LogP contribution in [0.15, 0.2) is 65.2 Å². The van der Waals surface area contributed by atoms with Crippen LogP contribution in [0.3, 0.4) is 0 Å². The summed E-state index contributed by atoms with van der Waals surface area (Å²) in [4.78, 5) is 25.8. The van der Waals surface area contributed by atoms with Crippen LogP contribution in [0.2, 0.25) is 0 Å². The van der Waals surface area contributed by atoms with Crippen LogP contribution in [0.5, 0.6) is 0 Å². The summed E-state index contributed by atoms with van der Waals surface area (Å²) in [5, 5.41) is 0.792. The topological polar surface area (TPSA) is 62.5 Å². The maximum atomic E-state index is 12.8. The third-order valence-electron chi connectivity index (χ3n) is 4.86. The van der Waals surface area contributed by atoms with Gasteiger partial charge in [-0.05, 0) is 36.4 Å². The fourth-order valence-corrected chi connectivity index (χ4v) is 4.31. The molecule has 5 rings (SSSR count). The number of rotatable bonds is 3. The number of amides is 1. The van der Waals surface area contributed by atoms with Gasteiger partial charge in [-0.3, -0.25) is 4.79 Å². The highest BCUT2D eigenvalue weighted by Gasteiger charge is 2.25. The summed E-state index contributed by atoms with van der Waals surface area (Å²) in [5.74, 6) is 1.87. The van der Waals surface area contributed by atoms with Crippen molar-refractivity contribution in [2.24, 2.45) is 0 Å². The van der Waals surface area contributed by atoms with E-state index in [4.69, 9.17) is 4.42 Å². The van der Waals surface area contributed by atoms with Gasteiger partial charge in [0.15, 0.2) is 16.5 Å². The van der Waals surface area contributed by atoms with Crippen molar-refractivity contribution >= 4 is 33.3 Å². The smallest absolute Gasteiger partial charge is 0.289 e. The normalized spacial score (nSPS) is 14.6. The van der Waals surface area contributed by atoms with E-state index in [2.05, 4.69) is 14.9 Å². The van der Waals surface area contributed by atoms with Crippen LogP contribution in [0, 0.1) is 0 Å². The number of thiazole rings is 1. The first-order chi connectivity index (χ1) is 13.8. The Morgan fingerprint density at radius 2 is 1.79 bits per heavy atom. The Morgan fingerprint density at radius 1 is 0.964 bits per heavy atom. The van der Waals surface area contributed by atoms with Gasteiger partial charge in [0.25, 0.3) is 5.91 Å².